The van der Waals surface area contributed by atoms with E-state index in [1.165, 1.54) is 37.8 Å². The third-order valence-corrected chi connectivity index (χ3v) is 7.30. The normalized spacial score (nSPS) is 17.7. The highest BCUT2D eigenvalue weighted by atomic mass is 16.3. The van der Waals surface area contributed by atoms with Crippen molar-refractivity contribution >= 4 is 41.7 Å². The minimum Gasteiger partial charge on any atom is -0.508 e. The summed E-state index contributed by atoms with van der Waals surface area (Å²) in [5.74, 6) is -4.07. The van der Waals surface area contributed by atoms with Gasteiger partial charge in [0.25, 0.3) is 0 Å². The molecule has 0 aromatic heterocycles. The van der Waals surface area contributed by atoms with Crippen LogP contribution in [0, 0.1) is 5.92 Å². The predicted molar refractivity (Wildman–Crippen MR) is 161 cm³/mol. The zero-order chi connectivity index (χ0) is 33.8. The van der Waals surface area contributed by atoms with Gasteiger partial charge in [-0.05, 0) is 50.3 Å². The molecule has 2 rings (SSSR count). The Bertz CT molecular complexity index is 1240. The van der Waals surface area contributed by atoms with E-state index in [1.54, 1.807) is 32.3 Å². The number of carbonyl (C=O) groups excluding carboxylic acids is 7. The Hall–Kier alpha value is -4.53. The first kappa shape index (κ1) is 36.7. The van der Waals surface area contributed by atoms with Gasteiger partial charge in [-0.15, -0.1) is 0 Å². The molecule has 7 N–H and O–H groups in total. The van der Waals surface area contributed by atoms with Gasteiger partial charge in [-0.1, -0.05) is 26.0 Å². The van der Waals surface area contributed by atoms with Crippen LogP contribution in [-0.2, 0) is 40.0 Å². The van der Waals surface area contributed by atoms with Gasteiger partial charge >= 0.3 is 0 Å². The van der Waals surface area contributed by atoms with Gasteiger partial charge in [-0.3, -0.25) is 33.6 Å². The van der Waals surface area contributed by atoms with Crippen molar-refractivity contribution in [2.75, 3.05) is 13.2 Å². The number of aliphatic hydroxyl groups is 1. The van der Waals surface area contributed by atoms with E-state index in [0.717, 1.165) is 0 Å². The molecule has 0 aliphatic carbocycles. The van der Waals surface area contributed by atoms with Crippen molar-refractivity contribution < 1.29 is 43.8 Å². The summed E-state index contributed by atoms with van der Waals surface area (Å²) in [5, 5.41) is 31.4. The molecule has 6 atom stereocenters. The molecular weight excluding hydrogens is 588 g/mol. The highest BCUT2D eigenvalue weighted by molar-refractivity contribution is 5.96. The molecular formula is C30H43N6O9. The minimum atomic E-state index is -1.27. The summed E-state index contributed by atoms with van der Waals surface area (Å²) >= 11 is 0. The van der Waals surface area contributed by atoms with Gasteiger partial charge in [-0.2, -0.15) is 0 Å². The lowest BCUT2D eigenvalue weighted by atomic mass is 10.0. The van der Waals surface area contributed by atoms with Crippen LogP contribution < -0.4 is 26.6 Å². The fourth-order valence-corrected chi connectivity index (χ4v) is 4.67. The number of carbonyl (C=O) groups is 6. The van der Waals surface area contributed by atoms with E-state index in [0.29, 0.717) is 18.4 Å². The second-order valence-electron chi connectivity index (χ2n) is 11.4. The van der Waals surface area contributed by atoms with Crippen LogP contribution >= 0.6 is 0 Å². The smallest absolute Gasteiger partial charge is 0.246 e. The van der Waals surface area contributed by atoms with Gasteiger partial charge in [0.05, 0.1) is 12.6 Å². The van der Waals surface area contributed by atoms with Gasteiger partial charge in [0, 0.05) is 19.9 Å². The molecule has 1 aliphatic heterocycles. The Morgan fingerprint density at radius 3 is 1.98 bits per heavy atom. The van der Waals surface area contributed by atoms with Crippen molar-refractivity contribution in [2.45, 2.75) is 90.1 Å². The van der Waals surface area contributed by atoms with Crippen molar-refractivity contribution in [1.29, 1.82) is 0 Å². The average molecular weight is 632 g/mol. The Labute approximate surface area is 261 Å². The van der Waals surface area contributed by atoms with Gasteiger partial charge in [-0.25, -0.2) is 0 Å². The molecule has 15 heteroatoms. The van der Waals surface area contributed by atoms with Crippen LogP contribution in [-0.4, -0.2) is 106 Å². The molecule has 1 aliphatic rings. The third kappa shape index (κ3) is 10.8. The first-order valence-electron chi connectivity index (χ1n) is 14.7. The number of aliphatic hydroxyl groups excluding tert-OH is 1. The number of hydrogen-bond donors (Lipinski definition) is 7. The highest BCUT2D eigenvalue weighted by Crippen LogP contribution is 2.21. The lowest BCUT2D eigenvalue weighted by Crippen LogP contribution is -2.59. The number of likely N-dealkylation sites (tertiary alicyclic amines) is 1. The summed E-state index contributed by atoms with van der Waals surface area (Å²) in [6.45, 7) is 6.95. The van der Waals surface area contributed by atoms with Crippen LogP contribution in [0.15, 0.2) is 24.3 Å². The standard InChI is InChI=1S/C30H43N6O9/c1-16(2)23(14-37)35-29(44)25-7-6-12-36(25)30(45)22(13-20-8-10-21(40)11-9-20)34-27(42)18(4)31-26(41)17(3)32-28(43)24(15-38)33-19(5)39/h8-11,16-18,22-25,38,40H,6-7,12-13,15H2,1-5H3,(H,31,41)(H,32,43)(H,33,39)(H,34,42)(H,35,44). The van der Waals surface area contributed by atoms with Crippen molar-refractivity contribution in [1.82, 2.24) is 31.5 Å². The van der Waals surface area contributed by atoms with Gasteiger partial charge in [0.1, 0.15) is 36.0 Å². The van der Waals surface area contributed by atoms with Crippen molar-refractivity contribution in [3.05, 3.63) is 29.8 Å². The average Bonchev–Trinajstić information content (AvgIpc) is 3.48. The fraction of sp³-hybridized carbons (Fsp3) is 0.567. The zero-order valence-electron chi connectivity index (χ0n) is 26.1. The number of nitrogens with one attached hydrogen (secondary N) is 5. The van der Waals surface area contributed by atoms with E-state index in [-0.39, 0.29) is 24.6 Å². The SMILES string of the molecule is CC(=O)NC(CO)C(=O)NC(C)C(=O)NC(C)C(=O)NC(Cc1ccc(O)cc1)C(=O)N1CCCC1C(=O)NC([C]=O)C(C)C. The largest absolute Gasteiger partial charge is 0.508 e. The number of phenolic OH excluding ortho intramolecular Hbond substituents is 1. The van der Waals surface area contributed by atoms with E-state index < -0.39 is 78.3 Å². The van der Waals surface area contributed by atoms with Crippen LogP contribution in [0.1, 0.15) is 53.0 Å². The number of benzene rings is 1. The molecule has 1 radical (unpaired) electrons. The van der Waals surface area contributed by atoms with Crippen molar-refractivity contribution in [3.8, 4) is 5.75 Å². The first-order chi connectivity index (χ1) is 21.2. The number of phenols is 1. The van der Waals surface area contributed by atoms with E-state index in [9.17, 15) is 43.8 Å². The predicted octanol–water partition coefficient (Wildman–Crippen LogP) is -1.83. The number of hydrogen-bond acceptors (Lipinski definition) is 9. The van der Waals surface area contributed by atoms with Gasteiger partial charge in [0.2, 0.25) is 41.7 Å². The fourth-order valence-electron chi connectivity index (χ4n) is 4.67. The molecule has 247 valence electrons. The summed E-state index contributed by atoms with van der Waals surface area (Å²) in [6.07, 6.45) is 2.69. The summed E-state index contributed by atoms with van der Waals surface area (Å²) in [4.78, 5) is 89.1. The Kier molecular flexibility index (Phi) is 13.9. The van der Waals surface area contributed by atoms with Crippen LogP contribution in [0.25, 0.3) is 0 Å². The molecule has 0 saturated carbocycles. The van der Waals surface area contributed by atoms with E-state index in [2.05, 4.69) is 26.6 Å². The Balaban J connectivity index is 2.16. The molecule has 15 nitrogen and oxygen atoms in total. The molecule has 45 heavy (non-hydrogen) atoms. The van der Waals surface area contributed by atoms with E-state index in [4.69, 9.17) is 0 Å². The van der Waals surface area contributed by atoms with Gasteiger partial charge in [0.15, 0.2) is 0 Å². The first-order valence-corrected chi connectivity index (χ1v) is 14.7. The Morgan fingerprint density at radius 1 is 0.867 bits per heavy atom. The second-order valence-corrected chi connectivity index (χ2v) is 11.4. The highest BCUT2D eigenvalue weighted by Gasteiger charge is 2.39. The summed E-state index contributed by atoms with van der Waals surface area (Å²) in [7, 11) is 0. The second kappa shape index (κ2) is 17.1. The quantitative estimate of drug-likeness (QED) is 0.115. The van der Waals surface area contributed by atoms with Crippen LogP contribution in [0.2, 0.25) is 0 Å². The van der Waals surface area contributed by atoms with E-state index >= 15 is 0 Å². The number of rotatable bonds is 15. The molecule has 1 heterocycles. The maximum absolute atomic E-state index is 13.8. The number of aromatic hydroxyl groups is 1. The summed E-state index contributed by atoms with van der Waals surface area (Å²) < 4.78 is 0. The topological polar surface area (TPSA) is 223 Å². The number of nitrogens with zero attached hydrogens (tertiary/aromatic N) is 1. The lowest BCUT2D eigenvalue weighted by Gasteiger charge is -2.30. The van der Waals surface area contributed by atoms with Crippen molar-refractivity contribution in [3.63, 3.8) is 0 Å². The summed E-state index contributed by atoms with van der Waals surface area (Å²) in [5.41, 5.74) is 0.604. The van der Waals surface area contributed by atoms with Crippen LogP contribution in [0.3, 0.4) is 0 Å². The lowest BCUT2D eigenvalue weighted by molar-refractivity contribution is -0.142. The molecule has 1 saturated heterocycles. The molecule has 1 aromatic carbocycles. The maximum Gasteiger partial charge on any atom is 0.246 e. The molecule has 1 fully saturated rings. The van der Waals surface area contributed by atoms with E-state index in [1.807, 2.05) is 0 Å². The Morgan fingerprint density at radius 2 is 1.44 bits per heavy atom. The molecule has 0 spiro atoms. The van der Waals surface area contributed by atoms with Crippen LogP contribution in [0.5, 0.6) is 5.75 Å². The van der Waals surface area contributed by atoms with Gasteiger partial charge < -0.3 is 41.7 Å². The molecule has 1 aromatic rings. The van der Waals surface area contributed by atoms with Crippen molar-refractivity contribution in [2.24, 2.45) is 5.92 Å². The zero-order valence-corrected chi connectivity index (χ0v) is 26.1. The monoisotopic (exact) mass is 631 g/mol. The van der Waals surface area contributed by atoms with Crippen LogP contribution in [0.4, 0.5) is 0 Å². The molecule has 6 amide bonds. The third-order valence-electron chi connectivity index (χ3n) is 7.30. The maximum atomic E-state index is 13.8. The summed E-state index contributed by atoms with van der Waals surface area (Å²) in [6, 6.07) is -0.429. The molecule has 6 unspecified atom stereocenters. The molecule has 0 bridgehead atoms. The minimum absolute atomic E-state index is 0.00521. The number of amides is 6.